The fourth-order valence-electron chi connectivity index (χ4n) is 2.01. The van der Waals surface area contributed by atoms with E-state index in [0.717, 1.165) is 25.9 Å². The van der Waals surface area contributed by atoms with Crippen molar-refractivity contribution in [2.24, 2.45) is 4.99 Å². The number of nitro benzene ring substituents is 1. The Morgan fingerprint density at radius 2 is 2.16 bits per heavy atom. The van der Waals surface area contributed by atoms with E-state index in [-0.39, 0.29) is 17.4 Å². The molecule has 4 N–H and O–H groups in total. The molecule has 1 fully saturated rings. The van der Waals surface area contributed by atoms with Gasteiger partial charge in [0.05, 0.1) is 11.0 Å². The highest BCUT2D eigenvalue weighted by atomic mass is 16.6. The first-order valence-corrected chi connectivity index (χ1v) is 6.08. The zero-order valence-corrected chi connectivity index (χ0v) is 10.4. The number of nitrogen functional groups attached to an aromatic ring is 1. The van der Waals surface area contributed by atoms with Crippen molar-refractivity contribution in [3.8, 4) is 5.75 Å². The van der Waals surface area contributed by atoms with E-state index in [1.54, 1.807) is 6.21 Å². The molecule has 19 heavy (non-hydrogen) atoms. The summed E-state index contributed by atoms with van der Waals surface area (Å²) in [5.74, 6) is -0.429. The normalized spacial score (nSPS) is 16.8. The molecule has 1 heterocycles. The number of piperidine rings is 1. The SMILES string of the molecule is Nc1cc(O)c([N+](=O)[O-])cc1C=NC1CCNCC1. The lowest BCUT2D eigenvalue weighted by molar-refractivity contribution is -0.385. The van der Waals surface area contributed by atoms with Crippen LogP contribution in [-0.4, -0.2) is 35.4 Å². The van der Waals surface area contributed by atoms with E-state index in [1.165, 1.54) is 12.1 Å². The lowest BCUT2D eigenvalue weighted by Crippen LogP contribution is -2.29. The van der Waals surface area contributed by atoms with Gasteiger partial charge >= 0.3 is 5.69 Å². The standard InChI is InChI=1S/C12H16N4O3/c13-10-6-12(17)11(16(18)19)5-8(10)7-15-9-1-3-14-4-2-9/h5-7,9,14,17H,1-4,13H2. The lowest BCUT2D eigenvalue weighted by atomic mass is 10.1. The molecular weight excluding hydrogens is 248 g/mol. The van der Waals surface area contributed by atoms with Crippen LogP contribution in [0.1, 0.15) is 18.4 Å². The zero-order valence-electron chi connectivity index (χ0n) is 10.4. The second kappa shape index (κ2) is 5.66. The number of nitrogens with two attached hydrogens (primary N) is 1. The first-order chi connectivity index (χ1) is 9.08. The Hall–Kier alpha value is -2.15. The Labute approximate surface area is 110 Å². The van der Waals surface area contributed by atoms with Crippen LogP contribution in [0.4, 0.5) is 11.4 Å². The van der Waals surface area contributed by atoms with Gasteiger partial charge in [0.25, 0.3) is 0 Å². The Balaban J connectivity index is 2.21. The van der Waals surface area contributed by atoms with Crippen LogP contribution >= 0.6 is 0 Å². The molecule has 0 unspecified atom stereocenters. The molecule has 1 aromatic rings. The average molecular weight is 264 g/mol. The minimum absolute atomic E-state index is 0.216. The third kappa shape index (κ3) is 3.19. The maximum Gasteiger partial charge on any atom is 0.311 e. The molecule has 0 radical (unpaired) electrons. The fourth-order valence-corrected chi connectivity index (χ4v) is 2.01. The summed E-state index contributed by atoms with van der Waals surface area (Å²) in [4.78, 5) is 14.5. The van der Waals surface area contributed by atoms with Crippen molar-refractivity contribution in [3.05, 3.63) is 27.8 Å². The summed E-state index contributed by atoms with van der Waals surface area (Å²) in [6, 6.07) is 2.64. The van der Waals surface area contributed by atoms with Crippen molar-refractivity contribution in [3.63, 3.8) is 0 Å². The van der Waals surface area contributed by atoms with Gasteiger partial charge in [-0.2, -0.15) is 0 Å². The van der Waals surface area contributed by atoms with E-state index >= 15 is 0 Å². The number of hydrogen-bond donors (Lipinski definition) is 3. The first kappa shape index (κ1) is 13.3. The molecule has 0 atom stereocenters. The van der Waals surface area contributed by atoms with E-state index in [1.807, 2.05) is 0 Å². The second-order valence-electron chi connectivity index (χ2n) is 4.49. The summed E-state index contributed by atoms with van der Waals surface area (Å²) < 4.78 is 0. The third-order valence-electron chi connectivity index (χ3n) is 3.11. The summed E-state index contributed by atoms with van der Waals surface area (Å²) in [5, 5.41) is 23.4. The van der Waals surface area contributed by atoms with Gasteiger partial charge in [-0.05, 0) is 25.9 Å². The topological polar surface area (TPSA) is 114 Å². The minimum atomic E-state index is -0.642. The van der Waals surface area contributed by atoms with E-state index in [0.29, 0.717) is 5.56 Å². The molecule has 1 saturated heterocycles. The molecule has 0 spiro atoms. The molecule has 0 aromatic heterocycles. The van der Waals surface area contributed by atoms with Crippen molar-refractivity contribution in [2.45, 2.75) is 18.9 Å². The number of rotatable bonds is 3. The number of aromatic hydroxyl groups is 1. The Morgan fingerprint density at radius 3 is 2.79 bits per heavy atom. The Kier molecular flexibility index (Phi) is 3.96. The summed E-state index contributed by atoms with van der Waals surface area (Å²) in [7, 11) is 0. The molecule has 1 aliphatic heterocycles. The zero-order chi connectivity index (χ0) is 13.8. The smallest absolute Gasteiger partial charge is 0.311 e. The Bertz CT molecular complexity index is 510. The van der Waals surface area contributed by atoms with E-state index in [2.05, 4.69) is 10.3 Å². The van der Waals surface area contributed by atoms with Crippen LogP contribution in [0.3, 0.4) is 0 Å². The minimum Gasteiger partial charge on any atom is -0.502 e. The van der Waals surface area contributed by atoms with Crippen LogP contribution in [0.15, 0.2) is 17.1 Å². The van der Waals surface area contributed by atoms with E-state index in [4.69, 9.17) is 5.73 Å². The van der Waals surface area contributed by atoms with Crippen molar-refractivity contribution in [2.75, 3.05) is 18.8 Å². The predicted octanol–water partition coefficient (Wildman–Crippen LogP) is 1.05. The van der Waals surface area contributed by atoms with Gasteiger partial charge in [-0.1, -0.05) is 0 Å². The van der Waals surface area contributed by atoms with Gasteiger partial charge in [-0.15, -0.1) is 0 Å². The molecule has 0 bridgehead atoms. The molecule has 1 aliphatic rings. The van der Waals surface area contributed by atoms with Crippen LogP contribution in [0.5, 0.6) is 5.75 Å². The van der Waals surface area contributed by atoms with Gasteiger partial charge in [0.15, 0.2) is 5.75 Å². The second-order valence-corrected chi connectivity index (χ2v) is 4.49. The quantitative estimate of drug-likeness (QED) is 0.327. The van der Waals surface area contributed by atoms with Crippen LogP contribution < -0.4 is 11.1 Å². The van der Waals surface area contributed by atoms with Crippen molar-refractivity contribution >= 4 is 17.6 Å². The maximum atomic E-state index is 10.7. The number of benzene rings is 1. The summed E-state index contributed by atoms with van der Waals surface area (Å²) in [5.41, 5.74) is 6.10. The number of nitrogens with one attached hydrogen (secondary N) is 1. The van der Waals surface area contributed by atoms with Gasteiger partial charge < -0.3 is 16.2 Å². The van der Waals surface area contributed by atoms with Crippen LogP contribution in [0.25, 0.3) is 0 Å². The van der Waals surface area contributed by atoms with Crippen molar-refractivity contribution in [1.82, 2.24) is 5.32 Å². The summed E-state index contributed by atoms with van der Waals surface area (Å²) >= 11 is 0. The fraction of sp³-hybridized carbons (Fsp3) is 0.417. The maximum absolute atomic E-state index is 10.7. The molecule has 102 valence electrons. The highest BCUT2D eigenvalue weighted by Crippen LogP contribution is 2.30. The van der Waals surface area contributed by atoms with Crippen molar-refractivity contribution in [1.29, 1.82) is 0 Å². The van der Waals surface area contributed by atoms with Crippen molar-refractivity contribution < 1.29 is 10.0 Å². The predicted molar refractivity (Wildman–Crippen MR) is 72.7 cm³/mol. The van der Waals surface area contributed by atoms with Gasteiger partial charge in [0, 0.05) is 29.6 Å². The molecule has 7 heteroatoms. The monoisotopic (exact) mass is 264 g/mol. The average Bonchev–Trinajstić information content (AvgIpc) is 2.38. The van der Waals surface area contributed by atoms with Crippen LogP contribution in [-0.2, 0) is 0 Å². The van der Waals surface area contributed by atoms with Gasteiger partial charge in [0.2, 0.25) is 0 Å². The van der Waals surface area contributed by atoms with E-state index < -0.39 is 10.7 Å². The third-order valence-corrected chi connectivity index (χ3v) is 3.11. The van der Waals surface area contributed by atoms with Gasteiger partial charge in [-0.25, -0.2) is 0 Å². The summed E-state index contributed by atoms with van der Waals surface area (Å²) in [6.07, 6.45) is 3.44. The molecule has 0 saturated carbocycles. The summed E-state index contributed by atoms with van der Waals surface area (Å²) in [6.45, 7) is 1.85. The first-order valence-electron chi connectivity index (χ1n) is 6.08. The number of hydrogen-bond acceptors (Lipinski definition) is 6. The van der Waals surface area contributed by atoms with Gasteiger partial charge in [-0.3, -0.25) is 15.1 Å². The molecule has 2 rings (SSSR count). The Morgan fingerprint density at radius 1 is 1.47 bits per heavy atom. The number of anilines is 1. The van der Waals surface area contributed by atoms with Gasteiger partial charge in [0.1, 0.15) is 0 Å². The number of aliphatic imine (C=N–C) groups is 1. The number of phenols is 1. The largest absolute Gasteiger partial charge is 0.502 e. The lowest BCUT2D eigenvalue weighted by Gasteiger charge is -2.18. The highest BCUT2D eigenvalue weighted by Gasteiger charge is 2.16. The molecule has 7 nitrogen and oxygen atoms in total. The number of phenolic OH excluding ortho intramolecular Hbond substituents is 1. The highest BCUT2D eigenvalue weighted by molar-refractivity contribution is 5.89. The molecule has 0 aliphatic carbocycles. The number of nitro groups is 1. The van der Waals surface area contributed by atoms with Crippen LogP contribution in [0.2, 0.25) is 0 Å². The molecule has 0 amide bonds. The molecular formula is C12H16N4O3. The van der Waals surface area contributed by atoms with Crippen LogP contribution in [0, 0.1) is 10.1 Å². The number of nitrogens with zero attached hydrogens (tertiary/aromatic N) is 2. The van der Waals surface area contributed by atoms with E-state index in [9.17, 15) is 15.2 Å². The molecule has 1 aromatic carbocycles.